The zero-order valence-corrected chi connectivity index (χ0v) is 65.2. The number of benzene rings is 1. The summed E-state index contributed by atoms with van der Waals surface area (Å²) < 4.78 is 5.95. The van der Waals surface area contributed by atoms with Crippen LogP contribution in [0.25, 0.3) is 0 Å². The van der Waals surface area contributed by atoms with Crippen molar-refractivity contribution in [2.45, 2.75) is 280 Å². The van der Waals surface area contributed by atoms with E-state index in [-0.39, 0.29) is 87.4 Å². The standard InChI is InChI=1S/C75H124N14O16/c1-20-45(17)31-32-55(91)82-56(40(7)8)70(99)87-61(46(18)90)72(101)84-58(42(11)12)71(100)85-59(43(13)14)74(103)89-34-26-30-54(89)68(97)78-50(29-25-33-76)64(93)79-51(35-38(3)4)67(96)88-62-47(19)105-75(104)60(44(15)16)86-63(92)49(21-2)77-65(94)53(37-48-27-23-22-24-28-48)81-69(98)57(41(9)10)83-66(95)52(36-39(5)6)80-73(62)102/h21-24,27-28,38-47,50-54,56-62,90H,20,25-26,29-37,76H2,1-19H3,(H,77,94)(H,78,97)(H,79,93)(H,80,102)(H,81,98)(H,82,91)(H,83,95)(H,84,101)(H,85,100)(H,86,92)(H,87,99)(H,88,96)/b49-21-/t45?,46-,47-,50+,51+,52+,53+,54+,56+,57+,58+,59+,60+,61+,62+/m1/s1. The van der Waals surface area contributed by atoms with Crippen LogP contribution in [0.4, 0.5) is 0 Å². The fourth-order valence-corrected chi connectivity index (χ4v) is 12.1. The average molecular weight is 1480 g/mol. The number of nitrogens with two attached hydrogens (primary N) is 1. The third kappa shape index (κ3) is 28.7. The monoisotopic (exact) mass is 1480 g/mol. The van der Waals surface area contributed by atoms with Crippen molar-refractivity contribution < 1.29 is 77.0 Å². The van der Waals surface area contributed by atoms with E-state index in [1.165, 1.54) is 31.7 Å². The number of amides is 13. The number of hydrogen-bond acceptors (Lipinski definition) is 17. The Labute approximate surface area is 620 Å². The number of aliphatic hydroxyl groups is 1. The van der Waals surface area contributed by atoms with E-state index in [2.05, 4.69) is 63.8 Å². The van der Waals surface area contributed by atoms with Gasteiger partial charge in [0, 0.05) is 19.4 Å². The van der Waals surface area contributed by atoms with Crippen molar-refractivity contribution in [2.24, 2.45) is 53.1 Å². The van der Waals surface area contributed by atoms with Gasteiger partial charge in [0.2, 0.25) is 70.9 Å². The molecule has 0 aliphatic carbocycles. The summed E-state index contributed by atoms with van der Waals surface area (Å²) in [6, 6.07) is -7.63. The second-order valence-electron chi connectivity index (χ2n) is 30.6. The zero-order valence-electron chi connectivity index (χ0n) is 65.2. The number of carbonyl (C=O) groups excluding carboxylic acids is 14. The van der Waals surface area contributed by atoms with Crippen molar-refractivity contribution >= 4 is 82.8 Å². The van der Waals surface area contributed by atoms with Crippen molar-refractivity contribution in [1.29, 1.82) is 0 Å². The molecule has 2 fully saturated rings. The largest absolute Gasteiger partial charge is 0.458 e. The van der Waals surface area contributed by atoms with Crippen molar-refractivity contribution in [3.05, 3.63) is 47.7 Å². The molecule has 3 rings (SSSR count). The molecule has 13 amide bonds. The highest BCUT2D eigenvalue weighted by Crippen LogP contribution is 2.23. The molecule has 1 aromatic rings. The van der Waals surface area contributed by atoms with E-state index in [1.807, 2.05) is 13.8 Å². The molecule has 0 bridgehead atoms. The van der Waals surface area contributed by atoms with E-state index < -0.39 is 191 Å². The first-order valence-electron chi connectivity index (χ1n) is 37.4. The summed E-state index contributed by atoms with van der Waals surface area (Å²) >= 11 is 0. The third-order valence-corrected chi connectivity index (χ3v) is 18.7. The fraction of sp³-hybridized carbons (Fsp3) is 0.707. The Hall–Kier alpha value is -8.54. The Morgan fingerprint density at radius 2 is 1.18 bits per heavy atom. The van der Waals surface area contributed by atoms with Crippen LogP contribution in [0.5, 0.6) is 0 Å². The molecule has 15 N–H and O–H groups in total. The van der Waals surface area contributed by atoms with Gasteiger partial charge in [0.05, 0.1) is 6.10 Å². The third-order valence-electron chi connectivity index (χ3n) is 18.7. The number of carbonyl (C=O) groups is 14. The van der Waals surface area contributed by atoms with Gasteiger partial charge in [-0.1, -0.05) is 154 Å². The molecule has 2 aliphatic rings. The van der Waals surface area contributed by atoms with Gasteiger partial charge in [-0.05, 0) is 125 Å². The predicted molar refractivity (Wildman–Crippen MR) is 395 cm³/mol. The molecule has 15 atom stereocenters. The van der Waals surface area contributed by atoms with Gasteiger partial charge in [0.25, 0.3) is 5.91 Å². The van der Waals surface area contributed by atoms with E-state index in [9.17, 15) is 72.2 Å². The topological polar surface area (TPSA) is 442 Å². The number of ether oxygens (including phenoxy) is 1. The summed E-state index contributed by atoms with van der Waals surface area (Å²) in [6.07, 6.45) is 0.462. The lowest BCUT2D eigenvalue weighted by Gasteiger charge is -2.33. The van der Waals surface area contributed by atoms with Crippen molar-refractivity contribution in [1.82, 2.24) is 68.7 Å². The van der Waals surface area contributed by atoms with Crippen LogP contribution in [-0.2, 0) is 78.3 Å². The van der Waals surface area contributed by atoms with Crippen LogP contribution in [0.15, 0.2) is 42.1 Å². The summed E-state index contributed by atoms with van der Waals surface area (Å²) in [5.74, 6) is -14.5. The maximum atomic E-state index is 15.0. The second kappa shape index (κ2) is 43.8. The van der Waals surface area contributed by atoms with Gasteiger partial charge in [-0.15, -0.1) is 0 Å². The number of aliphatic hydroxyl groups excluding tert-OH is 1. The highest BCUT2D eigenvalue weighted by atomic mass is 16.5. The molecule has 2 saturated heterocycles. The maximum absolute atomic E-state index is 15.0. The van der Waals surface area contributed by atoms with E-state index in [0.717, 1.165) is 6.42 Å². The van der Waals surface area contributed by atoms with Gasteiger partial charge >= 0.3 is 5.97 Å². The van der Waals surface area contributed by atoms with Crippen LogP contribution in [0.3, 0.4) is 0 Å². The number of allylic oxidation sites excluding steroid dienone is 1. The van der Waals surface area contributed by atoms with Crippen LogP contribution < -0.4 is 69.5 Å². The van der Waals surface area contributed by atoms with Gasteiger partial charge < -0.3 is 84.3 Å². The molecule has 30 nitrogen and oxygen atoms in total. The molecule has 0 radical (unpaired) electrons. The minimum absolute atomic E-state index is 0.00475. The smallest absolute Gasteiger partial charge is 0.329 e. The SMILES string of the molecule is C/C=C1\NC(=O)[C@H](Cc2ccccc2)NC(=O)[C@H](C(C)C)NC(=O)[C@H](CC(C)C)NC(=O)[C@@H](NC(=O)[C@H](CC(C)C)NC(=O)[C@H](CCCN)NC(=O)[C@@H]2CCCN2C(=O)[C@@H](NC(=O)[C@@H](NC(=O)[C@@H](NC(=O)[C@@H](NC(=O)CCC(C)CC)C(C)C)[C@@H](C)O)C(C)C)C(C)C)[C@@H](C)OC(=O)[C@H](C(C)C)NC1=O. The Kier molecular flexibility index (Phi) is 37.8. The van der Waals surface area contributed by atoms with Gasteiger partial charge in [-0.25, -0.2) is 4.79 Å². The zero-order chi connectivity index (χ0) is 79.4. The molecule has 105 heavy (non-hydrogen) atoms. The van der Waals surface area contributed by atoms with Crippen LogP contribution in [-0.4, -0.2) is 191 Å². The molecule has 0 aromatic heterocycles. The normalized spacial score (nSPS) is 22.3. The molecule has 1 aromatic carbocycles. The van der Waals surface area contributed by atoms with Crippen LogP contribution in [0.1, 0.15) is 195 Å². The summed E-state index contributed by atoms with van der Waals surface area (Å²) in [7, 11) is 0. The summed E-state index contributed by atoms with van der Waals surface area (Å²) in [4.78, 5) is 202. The predicted octanol–water partition coefficient (Wildman–Crippen LogP) is 1.84. The number of likely N-dealkylation sites (tertiary alicyclic amines) is 1. The van der Waals surface area contributed by atoms with Crippen LogP contribution in [0.2, 0.25) is 0 Å². The molecule has 0 saturated carbocycles. The number of hydrogen-bond donors (Lipinski definition) is 14. The fourth-order valence-electron chi connectivity index (χ4n) is 12.1. The average Bonchev–Trinajstić information content (AvgIpc) is 1.77. The van der Waals surface area contributed by atoms with E-state index in [4.69, 9.17) is 10.5 Å². The first kappa shape index (κ1) is 90.7. The molecule has 2 heterocycles. The number of nitrogens with one attached hydrogen (secondary N) is 12. The van der Waals surface area contributed by atoms with Gasteiger partial charge in [0.15, 0.2) is 0 Å². The molecule has 0 spiro atoms. The van der Waals surface area contributed by atoms with Crippen LogP contribution >= 0.6 is 0 Å². The highest BCUT2D eigenvalue weighted by molar-refractivity contribution is 6.03. The van der Waals surface area contributed by atoms with Crippen molar-refractivity contribution in [3.8, 4) is 0 Å². The Morgan fingerprint density at radius 1 is 0.619 bits per heavy atom. The summed E-state index contributed by atoms with van der Waals surface area (Å²) in [6.45, 7) is 32.0. The lowest BCUT2D eigenvalue weighted by molar-refractivity contribution is -0.157. The number of rotatable bonds is 33. The molecule has 590 valence electrons. The van der Waals surface area contributed by atoms with E-state index in [0.29, 0.717) is 18.4 Å². The Bertz CT molecular complexity index is 3160. The van der Waals surface area contributed by atoms with E-state index in [1.54, 1.807) is 127 Å². The summed E-state index contributed by atoms with van der Waals surface area (Å²) in [5, 5.41) is 43.1. The first-order chi connectivity index (χ1) is 49.2. The van der Waals surface area contributed by atoms with Crippen molar-refractivity contribution in [2.75, 3.05) is 13.1 Å². The number of nitrogens with zero attached hydrogens (tertiary/aromatic N) is 1. The first-order valence-corrected chi connectivity index (χ1v) is 37.4. The number of esters is 1. The Morgan fingerprint density at radius 3 is 1.71 bits per heavy atom. The quantitative estimate of drug-likeness (QED) is 0.0353. The molecule has 30 heteroatoms. The van der Waals surface area contributed by atoms with Crippen molar-refractivity contribution in [3.63, 3.8) is 0 Å². The summed E-state index contributed by atoms with van der Waals surface area (Å²) in [5.41, 5.74) is 6.33. The molecular weight excluding hydrogens is 1350 g/mol. The lowest BCUT2D eigenvalue weighted by atomic mass is 9.98. The van der Waals surface area contributed by atoms with Gasteiger partial charge in [0.1, 0.15) is 84.3 Å². The highest BCUT2D eigenvalue weighted by Gasteiger charge is 2.44. The van der Waals surface area contributed by atoms with E-state index >= 15 is 0 Å². The maximum Gasteiger partial charge on any atom is 0.329 e. The minimum Gasteiger partial charge on any atom is -0.458 e. The molecule has 1 unspecified atom stereocenters. The van der Waals surface area contributed by atoms with Gasteiger partial charge in [-0.3, -0.25) is 62.3 Å². The Balaban J connectivity index is 1.99. The molecular formula is C75H124N14O16. The van der Waals surface area contributed by atoms with Crippen LogP contribution in [0, 0.1) is 47.3 Å². The molecule has 2 aliphatic heterocycles. The minimum atomic E-state index is -1.82. The number of cyclic esters (lactones) is 1. The van der Waals surface area contributed by atoms with Gasteiger partial charge in [-0.2, -0.15) is 0 Å². The lowest BCUT2D eigenvalue weighted by Crippen LogP contribution is -2.63. The second-order valence-corrected chi connectivity index (χ2v) is 30.6.